The summed E-state index contributed by atoms with van der Waals surface area (Å²) in [6.45, 7) is 2.20. The van der Waals surface area contributed by atoms with Crippen molar-refractivity contribution < 1.29 is 0 Å². The molecule has 0 bridgehead atoms. The van der Waals surface area contributed by atoms with E-state index in [4.69, 9.17) is 0 Å². The molecule has 0 aliphatic carbocycles. The number of rotatable bonds is 2. The molecule has 1 aliphatic heterocycles. The molecular weight excluding hydrogens is 216 g/mol. The van der Waals surface area contributed by atoms with Gasteiger partial charge >= 0.3 is 0 Å². The minimum Gasteiger partial charge on any atom is -0.317 e. The second-order valence-electron chi connectivity index (χ2n) is 4.66. The first-order valence-corrected chi connectivity index (χ1v) is 6.09. The largest absolute Gasteiger partial charge is 0.317 e. The van der Waals surface area contributed by atoms with Crippen LogP contribution in [0, 0.1) is 5.92 Å². The van der Waals surface area contributed by atoms with Crippen molar-refractivity contribution in [1.29, 1.82) is 0 Å². The van der Waals surface area contributed by atoms with E-state index in [0.29, 0.717) is 11.6 Å². The summed E-state index contributed by atoms with van der Waals surface area (Å²) in [5.41, 5.74) is 0.714. The number of aromatic amines is 1. The second-order valence-corrected chi connectivity index (χ2v) is 4.66. The Morgan fingerprint density at radius 1 is 1.41 bits per heavy atom. The molecule has 3 rings (SSSR count). The highest BCUT2D eigenvalue weighted by atomic mass is 16.1. The third-order valence-electron chi connectivity index (χ3n) is 3.35. The number of H-pyrrole nitrogens is 1. The van der Waals surface area contributed by atoms with Gasteiger partial charge in [-0.25, -0.2) is 9.50 Å². The van der Waals surface area contributed by atoms with Crippen molar-refractivity contribution in [2.75, 3.05) is 13.1 Å². The molecule has 1 aliphatic rings. The summed E-state index contributed by atoms with van der Waals surface area (Å²) in [4.78, 5) is 15.7. The summed E-state index contributed by atoms with van der Waals surface area (Å²) in [6.07, 6.45) is 5.11. The van der Waals surface area contributed by atoms with Gasteiger partial charge in [-0.3, -0.25) is 9.89 Å². The first-order valence-electron chi connectivity index (χ1n) is 6.09. The van der Waals surface area contributed by atoms with Crippen molar-refractivity contribution in [3.05, 3.63) is 34.4 Å². The van der Waals surface area contributed by atoms with E-state index in [2.05, 4.69) is 15.4 Å². The predicted octanol–water partition coefficient (Wildman–Crippen LogP) is 0.565. The Balaban J connectivity index is 1.82. The predicted molar refractivity (Wildman–Crippen MR) is 65.1 cm³/mol. The molecule has 0 spiro atoms. The maximum absolute atomic E-state index is 11.2. The molecule has 5 heteroatoms. The number of piperidine rings is 1. The van der Waals surface area contributed by atoms with Crippen molar-refractivity contribution in [2.45, 2.75) is 19.3 Å². The summed E-state index contributed by atoms with van der Waals surface area (Å²) in [5, 5.41) is 6.57. The Morgan fingerprint density at radius 2 is 2.24 bits per heavy atom. The van der Waals surface area contributed by atoms with Crippen LogP contribution >= 0.6 is 0 Å². The average Bonchev–Trinajstić information content (AvgIpc) is 2.71. The zero-order valence-electron chi connectivity index (χ0n) is 9.65. The van der Waals surface area contributed by atoms with Crippen molar-refractivity contribution in [3.63, 3.8) is 0 Å². The van der Waals surface area contributed by atoms with E-state index in [1.165, 1.54) is 12.8 Å². The normalized spacial score (nSPS) is 17.6. The Labute approximate surface area is 98.9 Å². The molecule has 0 aromatic carbocycles. The van der Waals surface area contributed by atoms with Gasteiger partial charge in [-0.1, -0.05) is 0 Å². The van der Waals surface area contributed by atoms with Gasteiger partial charge in [-0.2, -0.15) is 0 Å². The van der Waals surface area contributed by atoms with E-state index >= 15 is 0 Å². The number of aromatic nitrogens is 3. The van der Waals surface area contributed by atoms with E-state index in [1.807, 2.05) is 0 Å². The zero-order chi connectivity index (χ0) is 11.7. The standard InChI is InChI=1S/C12H16N4O/c17-10-3-6-16-12(8-10)14-11(15-16)7-9-1-4-13-5-2-9/h3,6,8-9,13H,1-2,4-5,7H2,(H,14,15). The van der Waals surface area contributed by atoms with Crippen LogP contribution in [-0.2, 0) is 6.42 Å². The van der Waals surface area contributed by atoms with Gasteiger partial charge in [0.25, 0.3) is 0 Å². The lowest BCUT2D eigenvalue weighted by molar-refractivity contribution is 0.367. The lowest BCUT2D eigenvalue weighted by atomic mass is 9.94. The Bertz CT molecular complexity index is 565. The first kappa shape index (κ1) is 10.5. The molecule has 2 aromatic heterocycles. The molecule has 5 nitrogen and oxygen atoms in total. The van der Waals surface area contributed by atoms with Gasteiger partial charge in [0, 0.05) is 24.8 Å². The molecule has 3 heterocycles. The number of pyridine rings is 1. The summed E-state index contributed by atoms with van der Waals surface area (Å²) in [7, 11) is 0. The van der Waals surface area contributed by atoms with E-state index < -0.39 is 0 Å². The highest BCUT2D eigenvalue weighted by Gasteiger charge is 2.15. The fraction of sp³-hybridized carbons (Fsp3) is 0.500. The van der Waals surface area contributed by atoms with Crippen molar-refractivity contribution in [2.24, 2.45) is 5.92 Å². The van der Waals surface area contributed by atoms with Gasteiger partial charge in [0.2, 0.25) is 0 Å². The molecular formula is C12H16N4O. The zero-order valence-corrected chi connectivity index (χ0v) is 9.65. The minimum absolute atomic E-state index is 0.00455. The van der Waals surface area contributed by atoms with Gasteiger partial charge in [0.1, 0.15) is 5.82 Å². The number of nitrogens with zero attached hydrogens (tertiary/aromatic N) is 2. The summed E-state index contributed by atoms with van der Waals surface area (Å²) >= 11 is 0. The highest BCUT2D eigenvalue weighted by molar-refractivity contribution is 5.36. The number of fused-ring (bicyclic) bond motifs is 1. The van der Waals surface area contributed by atoms with Crippen LogP contribution < -0.4 is 10.7 Å². The molecule has 1 saturated heterocycles. The van der Waals surface area contributed by atoms with E-state index in [0.717, 1.165) is 25.3 Å². The fourth-order valence-electron chi connectivity index (χ4n) is 2.40. The maximum atomic E-state index is 11.2. The highest BCUT2D eigenvalue weighted by Crippen LogP contribution is 2.16. The molecule has 0 saturated carbocycles. The number of hydrogen-bond donors (Lipinski definition) is 2. The molecule has 1 fully saturated rings. The first-order chi connectivity index (χ1) is 8.31. The van der Waals surface area contributed by atoms with E-state index in [9.17, 15) is 4.79 Å². The summed E-state index contributed by atoms with van der Waals surface area (Å²) < 4.78 is 1.80. The molecule has 2 aromatic rings. The number of hydrogen-bond acceptors (Lipinski definition) is 3. The summed E-state index contributed by atoms with van der Waals surface area (Å²) in [6, 6.07) is 3.10. The number of nitrogens with one attached hydrogen (secondary N) is 2. The van der Waals surface area contributed by atoms with Crippen LogP contribution in [0.1, 0.15) is 18.7 Å². The van der Waals surface area contributed by atoms with E-state index in [-0.39, 0.29) is 5.43 Å². The molecule has 17 heavy (non-hydrogen) atoms. The molecule has 0 unspecified atom stereocenters. The van der Waals surface area contributed by atoms with Gasteiger partial charge in [-0.05, 0) is 31.8 Å². The Hall–Kier alpha value is -1.62. The molecule has 90 valence electrons. The minimum atomic E-state index is 0.00455. The second kappa shape index (κ2) is 4.33. The molecule has 0 radical (unpaired) electrons. The SMILES string of the molecule is O=c1ccn2[nH]c(CC3CCNCC3)nc2c1. The van der Waals surface area contributed by atoms with Gasteiger partial charge in [0.15, 0.2) is 11.1 Å². The third kappa shape index (κ3) is 2.24. The average molecular weight is 232 g/mol. The maximum Gasteiger partial charge on any atom is 0.183 e. The van der Waals surface area contributed by atoms with Crippen molar-refractivity contribution >= 4 is 5.65 Å². The lowest BCUT2D eigenvalue weighted by Gasteiger charge is -2.21. The molecule has 0 atom stereocenters. The molecule has 2 N–H and O–H groups in total. The van der Waals surface area contributed by atoms with Crippen LogP contribution in [-0.4, -0.2) is 27.7 Å². The van der Waals surface area contributed by atoms with Crippen LogP contribution in [0.3, 0.4) is 0 Å². The topological polar surface area (TPSA) is 62.2 Å². The van der Waals surface area contributed by atoms with Gasteiger partial charge < -0.3 is 5.32 Å². The third-order valence-corrected chi connectivity index (χ3v) is 3.35. The van der Waals surface area contributed by atoms with Gasteiger partial charge in [-0.15, -0.1) is 0 Å². The summed E-state index contributed by atoms with van der Waals surface area (Å²) in [5.74, 6) is 1.67. The van der Waals surface area contributed by atoms with Crippen LogP contribution in [0.15, 0.2) is 23.1 Å². The van der Waals surface area contributed by atoms with Crippen LogP contribution in [0.25, 0.3) is 5.65 Å². The molecule has 0 amide bonds. The Kier molecular flexibility index (Phi) is 2.68. The van der Waals surface area contributed by atoms with Crippen LogP contribution in [0.4, 0.5) is 0 Å². The Morgan fingerprint density at radius 3 is 3.06 bits per heavy atom. The quantitative estimate of drug-likeness (QED) is 0.795. The fourth-order valence-corrected chi connectivity index (χ4v) is 2.40. The van der Waals surface area contributed by atoms with E-state index in [1.54, 1.807) is 22.8 Å². The van der Waals surface area contributed by atoms with Crippen molar-refractivity contribution in [1.82, 2.24) is 19.9 Å². The monoisotopic (exact) mass is 232 g/mol. The smallest absolute Gasteiger partial charge is 0.183 e. The van der Waals surface area contributed by atoms with Crippen molar-refractivity contribution in [3.8, 4) is 0 Å². The van der Waals surface area contributed by atoms with Crippen LogP contribution in [0.5, 0.6) is 0 Å². The van der Waals surface area contributed by atoms with Gasteiger partial charge in [0.05, 0.1) is 0 Å². The van der Waals surface area contributed by atoms with Crippen LogP contribution in [0.2, 0.25) is 0 Å². The lowest BCUT2D eigenvalue weighted by Crippen LogP contribution is -2.28.